The molecule has 26 heavy (non-hydrogen) atoms. The first-order chi connectivity index (χ1) is 12.5. The van der Waals surface area contributed by atoms with Crippen molar-refractivity contribution in [3.8, 4) is 0 Å². The van der Waals surface area contributed by atoms with E-state index in [0.717, 1.165) is 0 Å². The summed E-state index contributed by atoms with van der Waals surface area (Å²) in [5.74, 6) is -2.23. The zero-order chi connectivity index (χ0) is 18.7. The van der Waals surface area contributed by atoms with Gasteiger partial charge < -0.3 is 20.2 Å². The third-order valence-electron chi connectivity index (χ3n) is 4.75. The van der Waals surface area contributed by atoms with E-state index in [-0.39, 0.29) is 43.7 Å². The molecule has 2 heterocycles. The molecule has 2 aliphatic rings. The first kappa shape index (κ1) is 17.9. The highest BCUT2D eigenvalue weighted by molar-refractivity contribution is 6.10. The molecule has 1 aromatic carbocycles. The van der Waals surface area contributed by atoms with Crippen molar-refractivity contribution in [2.24, 2.45) is 5.92 Å². The zero-order valence-electron chi connectivity index (χ0n) is 14.3. The predicted octanol–water partition coefficient (Wildman–Crippen LogP) is 1.08. The molecule has 1 atom stereocenters. The van der Waals surface area contributed by atoms with E-state index in [9.17, 15) is 19.2 Å². The summed E-state index contributed by atoms with van der Waals surface area (Å²) >= 11 is 0. The van der Waals surface area contributed by atoms with E-state index in [1.54, 1.807) is 24.3 Å². The highest BCUT2D eigenvalue weighted by atomic mass is 16.4. The first-order valence-electron chi connectivity index (χ1n) is 8.65. The number of fused-ring (bicyclic) bond motifs is 1. The Morgan fingerprint density at radius 2 is 1.88 bits per heavy atom. The molecular formula is C18H21N3O5. The van der Waals surface area contributed by atoms with Crippen LogP contribution in [0.1, 0.15) is 25.7 Å². The lowest BCUT2D eigenvalue weighted by molar-refractivity contribution is -0.146. The van der Waals surface area contributed by atoms with Crippen LogP contribution in [-0.2, 0) is 19.2 Å². The van der Waals surface area contributed by atoms with Gasteiger partial charge in [0.05, 0.1) is 17.3 Å². The lowest BCUT2D eigenvalue weighted by Crippen LogP contribution is -2.44. The lowest BCUT2D eigenvalue weighted by Gasteiger charge is -2.31. The molecule has 8 heteroatoms. The second kappa shape index (κ2) is 7.55. The number of nitrogens with one attached hydrogen (secondary N) is 1. The van der Waals surface area contributed by atoms with Crippen LogP contribution in [0.5, 0.6) is 0 Å². The molecule has 3 amide bonds. The molecule has 0 saturated carbocycles. The second-order valence-electron chi connectivity index (χ2n) is 6.56. The van der Waals surface area contributed by atoms with Crippen LogP contribution in [0.3, 0.4) is 0 Å². The summed E-state index contributed by atoms with van der Waals surface area (Å²) in [5, 5.41) is 11.8. The second-order valence-corrected chi connectivity index (χ2v) is 6.56. The monoisotopic (exact) mass is 359 g/mol. The molecule has 1 fully saturated rings. The van der Waals surface area contributed by atoms with Gasteiger partial charge in [-0.2, -0.15) is 0 Å². The van der Waals surface area contributed by atoms with Gasteiger partial charge in [-0.05, 0) is 25.0 Å². The third-order valence-corrected chi connectivity index (χ3v) is 4.75. The number of benzene rings is 1. The van der Waals surface area contributed by atoms with Gasteiger partial charge in [-0.25, -0.2) is 0 Å². The molecule has 0 spiro atoms. The van der Waals surface area contributed by atoms with E-state index >= 15 is 0 Å². The molecule has 0 aliphatic carbocycles. The van der Waals surface area contributed by atoms with Crippen molar-refractivity contribution in [1.29, 1.82) is 0 Å². The topological polar surface area (TPSA) is 107 Å². The van der Waals surface area contributed by atoms with Crippen molar-refractivity contribution in [3.05, 3.63) is 24.3 Å². The number of rotatable bonds is 4. The summed E-state index contributed by atoms with van der Waals surface area (Å²) in [4.78, 5) is 50.7. The van der Waals surface area contributed by atoms with Crippen LogP contribution in [0, 0.1) is 5.92 Å². The average molecular weight is 359 g/mol. The molecular weight excluding hydrogens is 338 g/mol. The molecule has 1 saturated heterocycles. The molecule has 1 aromatic rings. The fraction of sp³-hybridized carbons (Fsp3) is 0.444. The summed E-state index contributed by atoms with van der Waals surface area (Å²) in [6.45, 7) is 0.637. The molecule has 2 aliphatic heterocycles. The molecule has 0 bridgehead atoms. The maximum atomic E-state index is 12.5. The quantitative estimate of drug-likeness (QED) is 0.836. The summed E-state index contributed by atoms with van der Waals surface area (Å²) in [6, 6.07) is 7.02. The smallest absolute Gasteiger partial charge is 0.308 e. The molecule has 8 nitrogen and oxygen atoms in total. The Balaban J connectivity index is 1.60. The maximum Gasteiger partial charge on any atom is 0.308 e. The van der Waals surface area contributed by atoms with Gasteiger partial charge in [-0.3, -0.25) is 19.2 Å². The van der Waals surface area contributed by atoms with Crippen LogP contribution in [0.25, 0.3) is 0 Å². The maximum absolute atomic E-state index is 12.5. The fourth-order valence-electron chi connectivity index (χ4n) is 3.37. The van der Waals surface area contributed by atoms with Crippen LogP contribution in [0.4, 0.5) is 11.4 Å². The van der Waals surface area contributed by atoms with Crippen LogP contribution < -0.4 is 10.2 Å². The van der Waals surface area contributed by atoms with Crippen LogP contribution in [0.15, 0.2) is 24.3 Å². The Morgan fingerprint density at radius 1 is 1.15 bits per heavy atom. The Bertz CT molecular complexity index is 748. The number of hydrogen-bond acceptors (Lipinski definition) is 4. The molecule has 138 valence electrons. The summed E-state index contributed by atoms with van der Waals surface area (Å²) < 4.78 is 0. The van der Waals surface area contributed by atoms with Crippen molar-refractivity contribution in [3.63, 3.8) is 0 Å². The van der Waals surface area contributed by atoms with Crippen molar-refractivity contribution in [1.82, 2.24) is 4.90 Å². The van der Waals surface area contributed by atoms with Crippen LogP contribution in [-0.4, -0.2) is 53.3 Å². The Morgan fingerprint density at radius 3 is 2.65 bits per heavy atom. The van der Waals surface area contributed by atoms with Crippen LogP contribution >= 0.6 is 0 Å². The van der Waals surface area contributed by atoms with Gasteiger partial charge in [0.25, 0.3) is 0 Å². The normalized spacial score (nSPS) is 19.5. The minimum absolute atomic E-state index is 0.00542. The largest absolute Gasteiger partial charge is 0.481 e. The standard InChI is InChI=1S/C18H21N3O5/c22-15-11-21(14-6-2-1-5-13(14)19-15)17(24)8-7-16(23)20-9-3-4-12(10-20)18(25)26/h1-2,5-6,12H,3-4,7-11H2,(H,19,22)(H,25,26). The Labute approximate surface area is 150 Å². The number of nitrogens with zero attached hydrogens (tertiary/aromatic N) is 2. The van der Waals surface area contributed by atoms with Gasteiger partial charge in [0.1, 0.15) is 6.54 Å². The van der Waals surface area contributed by atoms with Gasteiger partial charge >= 0.3 is 5.97 Å². The molecule has 2 N–H and O–H groups in total. The predicted molar refractivity (Wildman–Crippen MR) is 93.6 cm³/mol. The van der Waals surface area contributed by atoms with E-state index in [1.165, 1.54) is 9.80 Å². The number of hydrogen-bond donors (Lipinski definition) is 2. The number of carboxylic acid groups (broad SMARTS) is 1. The van der Waals surface area contributed by atoms with Crippen molar-refractivity contribution >= 4 is 35.1 Å². The average Bonchev–Trinajstić information content (AvgIpc) is 2.65. The number of carboxylic acids is 1. The van der Waals surface area contributed by atoms with Gasteiger partial charge in [0.2, 0.25) is 17.7 Å². The van der Waals surface area contributed by atoms with Gasteiger partial charge in [-0.1, -0.05) is 12.1 Å². The number of amides is 3. The third kappa shape index (κ3) is 3.84. The number of carbonyl (C=O) groups is 4. The minimum Gasteiger partial charge on any atom is -0.481 e. The number of piperidine rings is 1. The van der Waals surface area contributed by atoms with Crippen molar-refractivity contribution < 1.29 is 24.3 Å². The number of anilines is 2. The first-order valence-corrected chi connectivity index (χ1v) is 8.65. The number of para-hydroxylation sites is 2. The van der Waals surface area contributed by atoms with E-state index < -0.39 is 11.9 Å². The van der Waals surface area contributed by atoms with E-state index in [0.29, 0.717) is 30.8 Å². The summed E-state index contributed by atoms with van der Waals surface area (Å²) in [7, 11) is 0. The van der Waals surface area contributed by atoms with Crippen molar-refractivity contribution in [2.45, 2.75) is 25.7 Å². The molecule has 1 unspecified atom stereocenters. The number of likely N-dealkylation sites (tertiary alicyclic amines) is 1. The van der Waals surface area contributed by atoms with Gasteiger partial charge in [0, 0.05) is 25.9 Å². The number of aliphatic carboxylic acids is 1. The summed E-state index contributed by atoms with van der Waals surface area (Å²) in [5.41, 5.74) is 1.19. The molecule has 0 radical (unpaired) electrons. The lowest BCUT2D eigenvalue weighted by atomic mass is 9.98. The molecule has 0 aromatic heterocycles. The molecule has 3 rings (SSSR count). The van der Waals surface area contributed by atoms with Gasteiger partial charge in [0.15, 0.2) is 0 Å². The highest BCUT2D eigenvalue weighted by Gasteiger charge is 2.30. The SMILES string of the molecule is O=C1CN(C(=O)CCC(=O)N2CCCC(C(=O)O)C2)c2ccccc2N1. The van der Waals surface area contributed by atoms with E-state index in [4.69, 9.17) is 5.11 Å². The highest BCUT2D eigenvalue weighted by Crippen LogP contribution is 2.29. The minimum atomic E-state index is -0.894. The van der Waals surface area contributed by atoms with Crippen LogP contribution in [0.2, 0.25) is 0 Å². The zero-order valence-corrected chi connectivity index (χ0v) is 14.3. The van der Waals surface area contributed by atoms with Crippen molar-refractivity contribution in [2.75, 3.05) is 29.9 Å². The fourth-order valence-corrected chi connectivity index (χ4v) is 3.37. The number of carbonyl (C=O) groups excluding carboxylic acids is 3. The van der Waals surface area contributed by atoms with Gasteiger partial charge in [-0.15, -0.1) is 0 Å². The summed E-state index contributed by atoms with van der Waals surface area (Å²) in [6.07, 6.45) is 1.20. The van der Waals surface area contributed by atoms with E-state index in [2.05, 4.69) is 5.32 Å². The van der Waals surface area contributed by atoms with E-state index in [1.807, 2.05) is 0 Å². The Hall–Kier alpha value is -2.90. The Kier molecular flexibility index (Phi) is 5.20.